The second-order valence-electron chi connectivity index (χ2n) is 7.15. The molecule has 6 nitrogen and oxygen atoms in total. The van der Waals surface area contributed by atoms with Crippen LogP contribution in [0.25, 0.3) is 0 Å². The predicted octanol–water partition coefficient (Wildman–Crippen LogP) is 1.32. The Balaban J connectivity index is 1.58. The van der Waals surface area contributed by atoms with E-state index in [2.05, 4.69) is 0 Å². The Bertz CT molecular complexity index is 692. The number of hydrogen-bond acceptors (Lipinski definition) is 4. The highest BCUT2D eigenvalue weighted by Crippen LogP contribution is 2.28. The summed E-state index contributed by atoms with van der Waals surface area (Å²) in [6.45, 7) is 1.53. The molecule has 1 heterocycles. The smallest absolute Gasteiger partial charge is 0.242 e. The molecule has 1 amide bonds. The molecule has 1 saturated carbocycles. The average Bonchev–Trinajstić information content (AvgIpc) is 2.62. The van der Waals surface area contributed by atoms with E-state index in [0.717, 1.165) is 37.7 Å². The van der Waals surface area contributed by atoms with Crippen LogP contribution in [0.15, 0.2) is 30.3 Å². The van der Waals surface area contributed by atoms with Crippen LogP contribution in [0.1, 0.15) is 37.7 Å². The molecule has 1 aliphatic carbocycles. The molecule has 2 aliphatic rings. The van der Waals surface area contributed by atoms with Crippen LogP contribution in [0.2, 0.25) is 0 Å². The van der Waals surface area contributed by atoms with Crippen molar-refractivity contribution in [2.75, 3.05) is 26.2 Å². The fourth-order valence-corrected chi connectivity index (χ4v) is 5.27. The Kier molecular flexibility index (Phi) is 5.46. The van der Waals surface area contributed by atoms with Crippen molar-refractivity contribution in [2.45, 2.75) is 43.4 Å². The molecule has 0 atom stereocenters. The summed E-state index contributed by atoms with van der Waals surface area (Å²) in [6.07, 6.45) is 4.59. The van der Waals surface area contributed by atoms with Gasteiger partial charge in [0, 0.05) is 26.2 Å². The minimum absolute atomic E-state index is 0.00259. The molecule has 1 aliphatic heterocycles. The van der Waals surface area contributed by atoms with E-state index in [1.807, 2.05) is 30.3 Å². The van der Waals surface area contributed by atoms with Gasteiger partial charge in [-0.1, -0.05) is 49.6 Å². The third kappa shape index (κ3) is 4.22. The fraction of sp³-hybridized carbons (Fsp3) is 0.611. The van der Waals surface area contributed by atoms with E-state index < -0.39 is 15.6 Å². The first kappa shape index (κ1) is 18.4. The van der Waals surface area contributed by atoms with Crippen molar-refractivity contribution in [1.29, 1.82) is 0 Å². The quantitative estimate of drug-likeness (QED) is 0.872. The van der Waals surface area contributed by atoms with Crippen molar-refractivity contribution in [1.82, 2.24) is 9.21 Å². The van der Waals surface area contributed by atoms with Gasteiger partial charge in [-0.05, 0) is 18.4 Å². The number of carbonyl (C=O) groups excluding carboxylic acids is 1. The van der Waals surface area contributed by atoms with Crippen molar-refractivity contribution in [2.24, 2.45) is 5.73 Å². The molecular formula is C18H27N3O3S. The summed E-state index contributed by atoms with van der Waals surface area (Å²) < 4.78 is 26.7. The first-order valence-corrected chi connectivity index (χ1v) is 10.6. The van der Waals surface area contributed by atoms with Crippen LogP contribution in [-0.2, 0) is 20.6 Å². The monoisotopic (exact) mass is 365 g/mol. The molecular weight excluding hydrogens is 338 g/mol. The summed E-state index contributed by atoms with van der Waals surface area (Å²) in [6, 6.07) is 9.18. The van der Waals surface area contributed by atoms with Gasteiger partial charge in [0.1, 0.15) is 0 Å². The number of rotatable bonds is 4. The lowest BCUT2D eigenvalue weighted by Gasteiger charge is -2.40. The maximum Gasteiger partial charge on any atom is 0.242 e. The number of piperazine rings is 1. The molecule has 2 N–H and O–H groups in total. The Morgan fingerprint density at radius 2 is 1.60 bits per heavy atom. The summed E-state index contributed by atoms with van der Waals surface area (Å²) in [4.78, 5) is 14.5. The van der Waals surface area contributed by atoms with Crippen LogP contribution in [0, 0.1) is 0 Å². The first-order valence-electron chi connectivity index (χ1n) is 9.01. The molecule has 2 fully saturated rings. The molecule has 1 saturated heterocycles. The number of amides is 1. The second-order valence-corrected chi connectivity index (χ2v) is 9.12. The zero-order valence-corrected chi connectivity index (χ0v) is 15.4. The molecule has 1 aromatic carbocycles. The molecule has 1 aromatic rings. The lowest BCUT2D eigenvalue weighted by Crippen LogP contribution is -2.60. The number of carbonyl (C=O) groups is 1. The normalized spacial score (nSPS) is 21.9. The van der Waals surface area contributed by atoms with Gasteiger partial charge in [-0.25, -0.2) is 8.42 Å². The van der Waals surface area contributed by atoms with Crippen molar-refractivity contribution in [3.8, 4) is 0 Å². The van der Waals surface area contributed by atoms with Gasteiger partial charge < -0.3 is 10.6 Å². The van der Waals surface area contributed by atoms with Crippen LogP contribution in [-0.4, -0.2) is 55.2 Å². The van der Waals surface area contributed by atoms with E-state index in [0.29, 0.717) is 26.2 Å². The SMILES string of the molecule is NC1(C(=O)N2CCN(S(=O)(=O)Cc3ccccc3)CC2)CCCCC1. The van der Waals surface area contributed by atoms with Gasteiger partial charge in [0.2, 0.25) is 15.9 Å². The van der Waals surface area contributed by atoms with E-state index >= 15 is 0 Å². The highest BCUT2D eigenvalue weighted by molar-refractivity contribution is 7.88. The molecule has 0 radical (unpaired) electrons. The average molecular weight is 365 g/mol. The van der Waals surface area contributed by atoms with Gasteiger partial charge in [-0.3, -0.25) is 4.79 Å². The number of nitrogens with two attached hydrogens (primary N) is 1. The van der Waals surface area contributed by atoms with E-state index in [9.17, 15) is 13.2 Å². The molecule has 7 heteroatoms. The minimum atomic E-state index is -3.36. The van der Waals surface area contributed by atoms with Gasteiger partial charge in [-0.2, -0.15) is 4.31 Å². The van der Waals surface area contributed by atoms with Crippen LogP contribution in [0.4, 0.5) is 0 Å². The maximum atomic E-state index is 12.8. The van der Waals surface area contributed by atoms with Gasteiger partial charge >= 0.3 is 0 Å². The highest BCUT2D eigenvalue weighted by Gasteiger charge is 2.40. The standard InChI is InChI=1S/C18H27N3O3S/c19-18(9-5-2-6-10-18)17(22)20-11-13-21(14-12-20)25(23,24)15-16-7-3-1-4-8-16/h1,3-4,7-8H,2,5-6,9-15,19H2. The van der Waals surface area contributed by atoms with E-state index in [1.54, 1.807) is 4.90 Å². The van der Waals surface area contributed by atoms with Gasteiger partial charge in [0.15, 0.2) is 0 Å². The van der Waals surface area contributed by atoms with E-state index in [1.165, 1.54) is 4.31 Å². The Morgan fingerprint density at radius 3 is 2.20 bits per heavy atom. The highest BCUT2D eigenvalue weighted by atomic mass is 32.2. The zero-order chi connectivity index (χ0) is 17.9. The number of sulfonamides is 1. The number of hydrogen-bond donors (Lipinski definition) is 1. The van der Waals surface area contributed by atoms with Crippen molar-refractivity contribution < 1.29 is 13.2 Å². The Labute approximate surface area is 150 Å². The fourth-order valence-electron chi connectivity index (χ4n) is 3.76. The lowest BCUT2D eigenvalue weighted by atomic mass is 9.81. The summed E-state index contributed by atoms with van der Waals surface area (Å²) in [5.74, 6) is -0.00453. The third-order valence-corrected chi connectivity index (χ3v) is 7.13. The van der Waals surface area contributed by atoms with E-state index in [-0.39, 0.29) is 11.7 Å². The van der Waals surface area contributed by atoms with Crippen molar-refractivity contribution >= 4 is 15.9 Å². The van der Waals surface area contributed by atoms with Crippen LogP contribution < -0.4 is 5.73 Å². The molecule has 0 bridgehead atoms. The molecule has 25 heavy (non-hydrogen) atoms. The predicted molar refractivity (Wildman–Crippen MR) is 97.2 cm³/mol. The maximum absolute atomic E-state index is 12.8. The summed E-state index contributed by atoms with van der Waals surface area (Å²) in [5.41, 5.74) is 6.37. The van der Waals surface area contributed by atoms with Gasteiger partial charge in [0.05, 0.1) is 11.3 Å². The van der Waals surface area contributed by atoms with E-state index in [4.69, 9.17) is 5.73 Å². The van der Waals surface area contributed by atoms with Crippen LogP contribution in [0.5, 0.6) is 0 Å². The van der Waals surface area contributed by atoms with Crippen molar-refractivity contribution in [3.05, 3.63) is 35.9 Å². The summed E-state index contributed by atoms with van der Waals surface area (Å²) >= 11 is 0. The van der Waals surface area contributed by atoms with Crippen LogP contribution >= 0.6 is 0 Å². The Hall–Kier alpha value is -1.44. The zero-order valence-electron chi connectivity index (χ0n) is 14.6. The molecule has 0 spiro atoms. The van der Waals surface area contributed by atoms with Crippen molar-refractivity contribution in [3.63, 3.8) is 0 Å². The summed E-state index contributed by atoms with van der Waals surface area (Å²) in [5, 5.41) is 0. The summed E-state index contributed by atoms with van der Waals surface area (Å²) in [7, 11) is -3.36. The molecule has 3 rings (SSSR count). The van der Waals surface area contributed by atoms with Gasteiger partial charge in [-0.15, -0.1) is 0 Å². The topological polar surface area (TPSA) is 83.7 Å². The second kappa shape index (κ2) is 7.43. The largest absolute Gasteiger partial charge is 0.338 e. The number of nitrogens with zero attached hydrogens (tertiary/aromatic N) is 2. The lowest BCUT2D eigenvalue weighted by molar-refractivity contribution is -0.139. The number of benzene rings is 1. The minimum Gasteiger partial charge on any atom is -0.338 e. The third-order valence-electron chi connectivity index (χ3n) is 5.28. The molecule has 138 valence electrons. The Morgan fingerprint density at radius 1 is 1.00 bits per heavy atom. The van der Waals surface area contributed by atoms with Crippen LogP contribution in [0.3, 0.4) is 0 Å². The first-order chi connectivity index (χ1) is 11.9. The van der Waals surface area contributed by atoms with Gasteiger partial charge in [0.25, 0.3) is 0 Å². The molecule has 0 aromatic heterocycles. The molecule has 0 unspecified atom stereocenters.